The van der Waals surface area contributed by atoms with Crippen LogP contribution in [0.15, 0.2) is 0 Å². The highest BCUT2D eigenvalue weighted by atomic mass is 32.2. The molecular formula is C8H15F3N2O4S. The fraction of sp³-hybridized carbons (Fsp3) is 0.875. The summed E-state index contributed by atoms with van der Waals surface area (Å²) in [5.74, 6) is -1.23. The molecule has 0 unspecified atom stereocenters. The summed E-state index contributed by atoms with van der Waals surface area (Å²) in [6.45, 7) is 0.801. The van der Waals surface area contributed by atoms with Crippen molar-refractivity contribution in [3.8, 4) is 0 Å². The zero-order valence-electron chi connectivity index (χ0n) is 9.86. The van der Waals surface area contributed by atoms with Crippen LogP contribution in [0, 0.1) is 0 Å². The number of rotatable bonds is 7. The van der Waals surface area contributed by atoms with Crippen LogP contribution in [0.1, 0.15) is 20.3 Å². The Kier molecular flexibility index (Phi) is 6.04. The highest BCUT2D eigenvalue weighted by Gasteiger charge is 2.32. The number of carboxylic acids is 1. The highest BCUT2D eigenvalue weighted by Crippen LogP contribution is 2.14. The van der Waals surface area contributed by atoms with Gasteiger partial charge in [-0.05, 0) is 13.8 Å². The van der Waals surface area contributed by atoms with Crippen molar-refractivity contribution < 1.29 is 31.5 Å². The van der Waals surface area contributed by atoms with Gasteiger partial charge in [0.2, 0.25) is 0 Å². The van der Waals surface area contributed by atoms with Gasteiger partial charge in [-0.3, -0.25) is 4.79 Å². The lowest BCUT2D eigenvalue weighted by molar-refractivity contribution is -0.137. The predicted octanol–water partition coefficient (Wildman–Crippen LogP) is 0.568. The lowest BCUT2D eigenvalue weighted by Gasteiger charge is -2.25. The van der Waals surface area contributed by atoms with Gasteiger partial charge in [-0.1, -0.05) is 0 Å². The van der Waals surface area contributed by atoms with Crippen LogP contribution in [-0.2, 0) is 15.0 Å². The molecule has 0 aliphatic rings. The summed E-state index contributed by atoms with van der Waals surface area (Å²) in [6.07, 6.45) is -5.15. The van der Waals surface area contributed by atoms with Crippen LogP contribution < -0.4 is 4.72 Å². The number of nitrogens with one attached hydrogen (secondary N) is 1. The molecule has 108 valence electrons. The molecule has 0 aromatic heterocycles. The number of halogens is 3. The summed E-state index contributed by atoms with van der Waals surface area (Å²) in [4.78, 5) is 10.3. The van der Waals surface area contributed by atoms with Crippen molar-refractivity contribution in [2.45, 2.75) is 32.5 Å². The molecule has 10 heteroatoms. The van der Waals surface area contributed by atoms with Gasteiger partial charge >= 0.3 is 12.1 Å². The third kappa shape index (κ3) is 6.77. The Balaban J connectivity index is 4.72. The Bertz CT molecular complexity index is 380. The van der Waals surface area contributed by atoms with E-state index in [2.05, 4.69) is 0 Å². The normalized spacial score (nSPS) is 13.3. The summed E-state index contributed by atoms with van der Waals surface area (Å²) in [7, 11) is -4.35. The first-order chi connectivity index (χ1) is 7.96. The van der Waals surface area contributed by atoms with E-state index < -0.39 is 41.4 Å². The molecule has 0 fully saturated rings. The van der Waals surface area contributed by atoms with Crippen molar-refractivity contribution >= 4 is 16.2 Å². The first-order valence-electron chi connectivity index (χ1n) is 5.00. The van der Waals surface area contributed by atoms with Crippen LogP contribution in [0.25, 0.3) is 0 Å². The summed E-state index contributed by atoms with van der Waals surface area (Å²) in [6, 6.07) is -0.643. The van der Waals surface area contributed by atoms with E-state index in [-0.39, 0.29) is 6.54 Å². The molecule has 2 N–H and O–H groups in total. The van der Waals surface area contributed by atoms with Crippen molar-refractivity contribution in [3.05, 3.63) is 0 Å². The largest absolute Gasteiger partial charge is 0.481 e. The highest BCUT2D eigenvalue weighted by molar-refractivity contribution is 7.87. The number of carboxylic acid groups (broad SMARTS) is 1. The molecule has 0 aliphatic heterocycles. The molecule has 0 aromatic rings. The molecule has 0 amide bonds. The first-order valence-corrected chi connectivity index (χ1v) is 6.44. The van der Waals surface area contributed by atoms with Gasteiger partial charge in [0.25, 0.3) is 10.2 Å². The molecule has 0 atom stereocenters. The molecule has 0 radical (unpaired) electrons. The van der Waals surface area contributed by atoms with Crippen LogP contribution in [-0.4, -0.2) is 49.1 Å². The molecular weight excluding hydrogens is 277 g/mol. The number of hydrogen-bond donors (Lipinski definition) is 2. The molecule has 0 saturated heterocycles. The lowest BCUT2D eigenvalue weighted by atomic mass is 10.3. The van der Waals surface area contributed by atoms with E-state index in [1.165, 1.54) is 18.6 Å². The molecule has 0 spiro atoms. The predicted molar refractivity (Wildman–Crippen MR) is 57.1 cm³/mol. The third-order valence-electron chi connectivity index (χ3n) is 1.89. The van der Waals surface area contributed by atoms with Crippen molar-refractivity contribution in [1.29, 1.82) is 0 Å². The maximum absolute atomic E-state index is 11.9. The average Bonchev–Trinajstić information content (AvgIpc) is 2.12. The van der Waals surface area contributed by atoms with Crippen molar-refractivity contribution in [2.75, 3.05) is 13.1 Å². The van der Waals surface area contributed by atoms with Gasteiger partial charge in [0.1, 0.15) is 6.54 Å². The van der Waals surface area contributed by atoms with Crippen molar-refractivity contribution in [3.63, 3.8) is 0 Å². The van der Waals surface area contributed by atoms with E-state index in [4.69, 9.17) is 5.11 Å². The van der Waals surface area contributed by atoms with Gasteiger partial charge < -0.3 is 5.11 Å². The summed E-state index contributed by atoms with van der Waals surface area (Å²) in [5.41, 5.74) is 0. The second-order valence-electron chi connectivity index (χ2n) is 3.79. The topological polar surface area (TPSA) is 86.7 Å². The summed E-state index contributed by atoms with van der Waals surface area (Å²) >= 11 is 0. The third-order valence-corrected chi connectivity index (χ3v) is 3.62. The number of carbonyl (C=O) groups is 1. The van der Waals surface area contributed by atoms with E-state index >= 15 is 0 Å². The van der Waals surface area contributed by atoms with E-state index in [0.717, 1.165) is 0 Å². The van der Waals surface area contributed by atoms with Crippen LogP contribution in [0.5, 0.6) is 0 Å². The van der Waals surface area contributed by atoms with Crippen molar-refractivity contribution in [1.82, 2.24) is 9.03 Å². The number of alkyl halides is 3. The molecule has 6 nitrogen and oxygen atoms in total. The molecule has 0 rings (SSSR count). The van der Waals surface area contributed by atoms with Crippen LogP contribution in [0.4, 0.5) is 13.2 Å². The van der Waals surface area contributed by atoms with E-state index in [0.29, 0.717) is 4.31 Å². The van der Waals surface area contributed by atoms with E-state index in [9.17, 15) is 26.4 Å². The second kappa shape index (κ2) is 6.34. The summed E-state index contributed by atoms with van der Waals surface area (Å²) < 4.78 is 60.9. The maximum atomic E-state index is 11.9. The monoisotopic (exact) mass is 292 g/mol. The fourth-order valence-electron chi connectivity index (χ4n) is 1.12. The van der Waals surface area contributed by atoms with Gasteiger partial charge in [0, 0.05) is 12.6 Å². The molecule has 0 heterocycles. The van der Waals surface area contributed by atoms with Gasteiger partial charge in [-0.2, -0.15) is 30.6 Å². The molecule has 0 saturated carbocycles. The molecule has 0 aromatic carbocycles. The Hall–Kier alpha value is -0.870. The van der Waals surface area contributed by atoms with Crippen molar-refractivity contribution in [2.24, 2.45) is 0 Å². The Labute approximate surface area is 103 Å². The van der Waals surface area contributed by atoms with E-state index in [1.807, 2.05) is 0 Å². The van der Waals surface area contributed by atoms with Gasteiger partial charge in [0.15, 0.2) is 0 Å². The maximum Gasteiger partial charge on any atom is 0.402 e. The number of aliphatic carboxylic acids is 1. The van der Waals surface area contributed by atoms with Crippen LogP contribution >= 0.6 is 0 Å². The number of hydrogen-bond acceptors (Lipinski definition) is 3. The SMILES string of the molecule is CC(C)N(CCC(=O)O)S(=O)(=O)NCC(F)(F)F. The fourth-order valence-corrected chi connectivity index (χ4v) is 2.52. The quantitative estimate of drug-likeness (QED) is 0.718. The Morgan fingerprint density at radius 1 is 1.39 bits per heavy atom. The van der Waals surface area contributed by atoms with Gasteiger partial charge in [0.05, 0.1) is 6.42 Å². The lowest BCUT2D eigenvalue weighted by Crippen LogP contribution is -2.47. The Morgan fingerprint density at radius 3 is 2.22 bits per heavy atom. The van der Waals surface area contributed by atoms with Crippen LogP contribution in [0.3, 0.4) is 0 Å². The number of nitrogens with zero attached hydrogens (tertiary/aromatic N) is 1. The smallest absolute Gasteiger partial charge is 0.402 e. The van der Waals surface area contributed by atoms with Crippen LogP contribution in [0.2, 0.25) is 0 Å². The van der Waals surface area contributed by atoms with Gasteiger partial charge in [-0.15, -0.1) is 0 Å². The minimum Gasteiger partial charge on any atom is -0.481 e. The zero-order valence-corrected chi connectivity index (χ0v) is 10.7. The first kappa shape index (κ1) is 17.1. The zero-order chi connectivity index (χ0) is 14.6. The minimum atomic E-state index is -4.66. The average molecular weight is 292 g/mol. The van der Waals surface area contributed by atoms with E-state index in [1.54, 1.807) is 0 Å². The summed E-state index contributed by atoms with van der Waals surface area (Å²) in [5, 5.41) is 8.45. The molecule has 18 heavy (non-hydrogen) atoms. The standard InChI is InChI=1S/C8H15F3N2O4S/c1-6(2)13(4-3-7(14)15)18(16,17)12-5-8(9,10)11/h6,12H,3-5H2,1-2H3,(H,14,15). The van der Waals surface area contributed by atoms with Gasteiger partial charge in [-0.25, -0.2) is 0 Å². The molecule has 0 aliphatic carbocycles. The second-order valence-corrected chi connectivity index (χ2v) is 5.50. The molecule has 0 bridgehead atoms. The minimum absolute atomic E-state index is 0.389. The Morgan fingerprint density at radius 2 is 1.89 bits per heavy atom.